The number of aromatic hydroxyl groups is 1. The van der Waals surface area contributed by atoms with Gasteiger partial charge in [-0.05, 0) is 13.0 Å². The zero-order valence-corrected chi connectivity index (χ0v) is 6.62. The highest BCUT2D eigenvalue weighted by molar-refractivity contribution is 5.22. The zero-order valence-electron chi connectivity index (χ0n) is 6.62. The van der Waals surface area contributed by atoms with Crippen LogP contribution in [-0.4, -0.2) is 11.7 Å². The molecule has 0 atom stereocenters. The molecule has 1 aromatic heterocycles. The molecule has 0 aliphatic rings. The Kier molecular flexibility index (Phi) is 2.88. The number of hydrogen-bond donors (Lipinski definition) is 2. The van der Waals surface area contributed by atoms with Crippen LogP contribution in [0.3, 0.4) is 0 Å². The molecule has 0 spiro atoms. The lowest BCUT2D eigenvalue weighted by Crippen LogP contribution is -2.04. The Labute approximate surface area is 69.6 Å². The molecule has 1 rings (SSSR count). The van der Waals surface area contributed by atoms with Gasteiger partial charge in [0.15, 0.2) is 0 Å². The number of nitrogens with two attached hydrogens (primary N) is 1. The normalized spacial score (nSPS) is 10.1. The van der Waals surface area contributed by atoms with Crippen molar-refractivity contribution < 1.29 is 9.52 Å². The van der Waals surface area contributed by atoms with E-state index in [1.165, 1.54) is 12.3 Å². The lowest BCUT2D eigenvalue weighted by Gasteiger charge is -1.99. The maximum Gasteiger partial charge on any atom is 0.226 e. The first-order valence-corrected chi connectivity index (χ1v) is 3.75. The van der Waals surface area contributed by atoms with Crippen molar-refractivity contribution in [1.29, 1.82) is 0 Å². The van der Waals surface area contributed by atoms with E-state index in [-0.39, 0.29) is 5.75 Å². The van der Waals surface area contributed by atoms with E-state index in [0.29, 0.717) is 25.1 Å². The zero-order chi connectivity index (χ0) is 8.97. The minimum absolute atomic E-state index is 0.300. The van der Waals surface area contributed by atoms with E-state index in [1.807, 2.05) is 0 Å². The van der Waals surface area contributed by atoms with Crippen molar-refractivity contribution in [2.45, 2.75) is 12.8 Å². The molecule has 66 valence electrons. The maximum atomic E-state index is 10.9. The third kappa shape index (κ3) is 1.85. The first-order chi connectivity index (χ1) is 5.75. The summed E-state index contributed by atoms with van der Waals surface area (Å²) in [6.45, 7) is 0.512. The fourth-order valence-corrected chi connectivity index (χ4v) is 0.890. The van der Waals surface area contributed by atoms with Gasteiger partial charge in [0.05, 0.1) is 6.26 Å². The molecule has 0 amide bonds. The lowest BCUT2D eigenvalue weighted by atomic mass is 10.2. The molecule has 0 aromatic carbocycles. The minimum Gasteiger partial charge on any atom is -0.502 e. The van der Waals surface area contributed by atoms with Crippen LogP contribution in [0.25, 0.3) is 0 Å². The molecular formula is C8H11NO3. The predicted octanol–water partition coefficient (Wildman–Crippen LogP) is 0.237. The molecule has 0 unspecified atom stereocenters. The summed E-state index contributed by atoms with van der Waals surface area (Å²) in [7, 11) is 0. The van der Waals surface area contributed by atoms with Crippen molar-refractivity contribution in [3.05, 3.63) is 28.3 Å². The summed E-state index contributed by atoms with van der Waals surface area (Å²) in [5.74, 6) is 0.0129. The van der Waals surface area contributed by atoms with E-state index in [9.17, 15) is 9.90 Å². The van der Waals surface area contributed by atoms with E-state index in [0.717, 1.165) is 0 Å². The van der Waals surface area contributed by atoms with E-state index in [1.54, 1.807) is 0 Å². The SMILES string of the molecule is NCCCc1occc(=O)c1O. The van der Waals surface area contributed by atoms with Gasteiger partial charge in [0, 0.05) is 12.5 Å². The fraction of sp³-hybridized carbons (Fsp3) is 0.375. The van der Waals surface area contributed by atoms with Gasteiger partial charge in [-0.15, -0.1) is 0 Å². The number of rotatable bonds is 3. The first kappa shape index (κ1) is 8.80. The molecule has 0 aliphatic carbocycles. The molecule has 12 heavy (non-hydrogen) atoms. The Hall–Kier alpha value is -1.29. The molecule has 1 heterocycles. The van der Waals surface area contributed by atoms with Gasteiger partial charge >= 0.3 is 0 Å². The topological polar surface area (TPSA) is 76.5 Å². The molecule has 0 saturated carbocycles. The Bertz CT molecular complexity index is 305. The van der Waals surface area contributed by atoms with Gasteiger partial charge in [-0.2, -0.15) is 0 Å². The van der Waals surface area contributed by atoms with Crippen molar-refractivity contribution in [3.63, 3.8) is 0 Å². The summed E-state index contributed by atoms with van der Waals surface area (Å²) in [6, 6.07) is 1.18. The molecule has 1 aromatic rings. The quantitative estimate of drug-likeness (QED) is 0.679. The second-order valence-electron chi connectivity index (χ2n) is 2.45. The molecule has 4 nitrogen and oxygen atoms in total. The highest BCUT2D eigenvalue weighted by Crippen LogP contribution is 2.11. The van der Waals surface area contributed by atoms with Gasteiger partial charge in [-0.25, -0.2) is 0 Å². The molecular weight excluding hydrogens is 158 g/mol. The smallest absolute Gasteiger partial charge is 0.226 e. The van der Waals surface area contributed by atoms with Crippen LogP contribution in [0.1, 0.15) is 12.2 Å². The Morgan fingerprint density at radius 3 is 3.00 bits per heavy atom. The van der Waals surface area contributed by atoms with Crippen molar-refractivity contribution in [2.24, 2.45) is 5.73 Å². The van der Waals surface area contributed by atoms with Crippen molar-refractivity contribution >= 4 is 0 Å². The summed E-state index contributed by atoms with van der Waals surface area (Å²) >= 11 is 0. The van der Waals surface area contributed by atoms with E-state index >= 15 is 0 Å². The highest BCUT2D eigenvalue weighted by Gasteiger charge is 2.05. The average Bonchev–Trinajstić information content (AvgIpc) is 2.08. The third-order valence-electron chi connectivity index (χ3n) is 1.54. The summed E-state index contributed by atoms with van der Waals surface area (Å²) in [4.78, 5) is 10.9. The van der Waals surface area contributed by atoms with Crippen molar-refractivity contribution in [2.75, 3.05) is 6.54 Å². The van der Waals surface area contributed by atoms with Crippen LogP contribution in [0.2, 0.25) is 0 Å². The first-order valence-electron chi connectivity index (χ1n) is 3.75. The molecule has 0 saturated heterocycles. The summed E-state index contributed by atoms with van der Waals surface area (Å²) < 4.78 is 4.94. The van der Waals surface area contributed by atoms with Gasteiger partial charge in [-0.1, -0.05) is 0 Å². The van der Waals surface area contributed by atoms with Crippen LogP contribution < -0.4 is 11.2 Å². The van der Waals surface area contributed by atoms with Crippen LogP contribution in [0.4, 0.5) is 0 Å². The Morgan fingerprint density at radius 1 is 1.58 bits per heavy atom. The second-order valence-corrected chi connectivity index (χ2v) is 2.45. The van der Waals surface area contributed by atoms with Gasteiger partial charge in [-0.3, -0.25) is 4.79 Å². The maximum absolute atomic E-state index is 10.9. The van der Waals surface area contributed by atoms with Crippen LogP contribution >= 0.6 is 0 Å². The molecule has 0 fully saturated rings. The van der Waals surface area contributed by atoms with Crippen molar-refractivity contribution in [1.82, 2.24) is 0 Å². The lowest BCUT2D eigenvalue weighted by molar-refractivity contribution is 0.397. The van der Waals surface area contributed by atoms with Gasteiger partial charge in [0.1, 0.15) is 5.76 Å². The van der Waals surface area contributed by atoms with Gasteiger partial charge in [0.25, 0.3) is 0 Å². The summed E-state index contributed by atoms with van der Waals surface area (Å²) in [6.07, 6.45) is 2.47. The van der Waals surface area contributed by atoms with E-state index in [4.69, 9.17) is 10.2 Å². The highest BCUT2D eigenvalue weighted by atomic mass is 16.4. The average molecular weight is 169 g/mol. The molecule has 3 N–H and O–H groups in total. The molecule has 0 aliphatic heterocycles. The standard InChI is InChI=1S/C8H11NO3/c9-4-1-2-7-8(11)6(10)3-5-12-7/h3,5,11H,1-2,4,9H2. The molecule has 4 heteroatoms. The van der Waals surface area contributed by atoms with Crippen LogP contribution in [0.5, 0.6) is 5.75 Å². The van der Waals surface area contributed by atoms with E-state index in [2.05, 4.69) is 0 Å². The van der Waals surface area contributed by atoms with Gasteiger partial charge in [0.2, 0.25) is 11.2 Å². The largest absolute Gasteiger partial charge is 0.502 e. The van der Waals surface area contributed by atoms with Crippen molar-refractivity contribution in [3.8, 4) is 5.75 Å². The monoisotopic (exact) mass is 169 g/mol. The van der Waals surface area contributed by atoms with E-state index < -0.39 is 5.43 Å². The Balaban J connectivity index is 2.85. The molecule has 0 bridgehead atoms. The third-order valence-corrected chi connectivity index (χ3v) is 1.54. The van der Waals surface area contributed by atoms with Crippen LogP contribution in [-0.2, 0) is 6.42 Å². The van der Waals surface area contributed by atoms with Crippen LogP contribution in [0.15, 0.2) is 21.5 Å². The summed E-state index contributed by atoms with van der Waals surface area (Å²) in [5.41, 5.74) is 4.85. The fourth-order valence-electron chi connectivity index (χ4n) is 0.890. The predicted molar refractivity (Wildman–Crippen MR) is 44.0 cm³/mol. The van der Waals surface area contributed by atoms with Crippen LogP contribution in [0, 0.1) is 0 Å². The summed E-state index contributed by atoms with van der Waals surface area (Å²) in [5, 5.41) is 9.18. The molecule has 0 radical (unpaired) electrons. The minimum atomic E-state index is -0.409. The second kappa shape index (κ2) is 3.92. The Morgan fingerprint density at radius 2 is 2.33 bits per heavy atom. The number of hydrogen-bond acceptors (Lipinski definition) is 4. The number of aryl methyl sites for hydroxylation is 1. The van der Waals surface area contributed by atoms with Gasteiger partial charge < -0.3 is 15.3 Å².